The van der Waals surface area contributed by atoms with E-state index in [9.17, 15) is 4.39 Å². The maximum absolute atomic E-state index is 12.9. The second-order valence-corrected chi connectivity index (χ2v) is 4.21. The molecular formula is C14H12FN3. The lowest BCUT2D eigenvalue weighted by molar-refractivity contribution is 0.628. The number of aryl methyl sites for hydroxylation is 1. The molecule has 0 aliphatic heterocycles. The number of nitrogens with zero attached hydrogens (tertiary/aromatic N) is 2. The fourth-order valence-electron chi connectivity index (χ4n) is 2.09. The van der Waals surface area contributed by atoms with Crippen molar-refractivity contribution in [2.45, 2.75) is 0 Å². The Labute approximate surface area is 104 Å². The first kappa shape index (κ1) is 10.8. The minimum atomic E-state index is -0.244. The van der Waals surface area contributed by atoms with Gasteiger partial charge in [0.25, 0.3) is 0 Å². The van der Waals surface area contributed by atoms with E-state index in [0.29, 0.717) is 5.95 Å². The number of nitrogens with two attached hydrogens (primary N) is 1. The number of hydrogen-bond acceptors (Lipinski definition) is 2. The minimum Gasteiger partial charge on any atom is -0.369 e. The highest BCUT2D eigenvalue weighted by Crippen LogP contribution is 2.28. The molecule has 3 aromatic rings. The third kappa shape index (κ3) is 1.54. The Balaban J connectivity index is 2.29. The Morgan fingerprint density at radius 3 is 2.56 bits per heavy atom. The van der Waals surface area contributed by atoms with E-state index < -0.39 is 0 Å². The Bertz CT molecular complexity index is 714. The summed E-state index contributed by atoms with van der Waals surface area (Å²) in [5, 5.41) is 0. The van der Waals surface area contributed by atoms with Gasteiger partial charge in [-0.3, -0.25) is 0 Å². The smallest absolute Gasteiger partial charge is 0.200 e. The molecule has 3 rings (SSSR count). The number of fused-ring (bicyclic) bond motifs is 1. The van der Waals surface area contributed by atoms with Crippen LogP contribution < -0.4 is 5.73 Å². The lowest BCUT2D eigenvalue weighted by Crippen LogP contribution is -1.95. The highest BCUT2D eigenvalue weighted by molar-refractivity contribution is 5.93. The van der Waals surface area contributed by atoms with Crippen molar-refractivity contribution in [1.82, 2.24) is 9.55 Å². The summed E-state index contributed by atoms with van der Waals surface area (Å²) in [4.78, 5) is 4.36. The molecule has 0 saturated carbocycles. The molecule has 0 fully saturated rings. The van der Waals surface area contributed by atoms with Gasteiger partial charge in [0.15, 0.2) is 0 Å². The van der Waals surface area contributed by atoms with E-state index in [1.807, 2.05) is 29.8 Å². The minimum absolute atomic E-state index is 0.244. The van der Waals surface area contributed by atoms with Crippen molar-refractivity contribution in [3.8, 4) is 11.1 Å². The summed E-state index contributed by atoms with van der Waals surface area (Å²) in [6, 6.07) is 12.3. The first-order valence-corrected chi connectivity index (χ1v) is 5.63. The molecule has 0 amide bonds. The lowest BCUT2D eigenvalue weighted by Gasteiger charge is -2.03. The van der Waals surface area contributed by atoms with Crippen LogP contribution in [0.15, 0.2) is 42.5 Å². The maximum atomic E-state index is 12.9. The summed E-state index contributed by atoms with van der Waals surface area (Å²) in [5.74, 6) is 0.228. The van der Waals surface area contributed by atoms with Gasteiger partial charge >= 0.3 is 0 Å². The van der Waals surface area contributed by atoms with Crippen molar-refractivity contribution in [2.75, 3.05) is 5.73 Å². The molecule has 2 aromatic carbocycles. The predicted octanol–water partition coefficient (Wildman–Crippen LogP) is 2.96. The van der Waals surface area contributed by atoms with E-state index in [0.717, 1.165) is 22.2 Å². The van der Waals surface area contributed by atoms with Gasteiger partial charge in [-0.1, -0.05) is 24.3 Å². The van der Waals surface area contributed by atoms with Crippen LogP contribution in [-0.2, 0) is 7.05 Å². The molecule has 18 heavy (non-hydrogen) atoms. The first-order valence-electron chi connectivity index (χ1n) is 5.63. The fraction of sp³-hybridized carbons (Fsp3) is 0.0714. The summed E-state index contributed by atoms with van der Waals surface area (Å²) in [7, 11) is 1.87. The second kappa shape index (κ2) is 3.84. The van der Waals surface area contributed by atoms with Crippen molar-refractivity contribution >= 4 is 17.0 Å². The molecule has 0 aliphatic rings. The van der Waals surface area contributed by atoms with E-state index in [1.54, 1.807) is 12.1 Å². The van der Waals surface area contributed by atoms with Crippen LogP contribution in [0.2, 0.25) is 0 Å². The van der Waals surface area contributed by atoms with Gasteiger partial charge in [-0.05, 0) is 23.8 Å². The molecule has 0 spiro atoms. The fourth-order valence-corrected chi connectivity index (χ4v) is 2.09. The zero-order valence-corrected chi connectivity index (χ0v) is 9.89. The van der Waals surface area contributed by atoms with Crippen LogP contribution in [0.1, 0.15) is 0 Å². The van der Waals surface area contributed by atoms with Crippen LogP contribution in [0, 0.1) is 5.82 Å². The molecule has 0 atom stereocenters. The van der Waals surface area contributed by atoms with Gasteiger partial charge in [-0.25, -0.2) is 9.37 Å². The van der Waals surface area contributed by atoms with Crippen molar-refractivity contribution in [1.29, 1.82) is 0 Å². The summed E-state index contributed by atoms with van der Waals surface area (Å²) in [6.07, 6.45) is 0. The molecule has 90 valence electrons. The zero-order valence-electron chi connectivity index (χ0n) is 9.89. The number of aromatic nitrogens is 2. The number of benzene rings is 2. The topological polar surface area (TPSA) is 43.8 Å². The molecule has 3 nitrogen and oxygen atoms in total. The van der Waals surface area contributed by atoms with Crippen LogP contribution in [0.4, 0.5) is 10.3 Å². The molecule has 1 aromatic heterocycles. The average Bonchev–Trinajstić information content (AvgIpc) is 2.67. The summed E-state index contributed by atoms with van der Waals surface area (Å²) >= 11 is 0. The quantitative estimate of drug-likeness (QED) is 0.711. The normalized spacial score (nSPS) is 11.0. The SMILES string of the molecule is Cn1c(N)nc2c(-c3ccc(F)cc3)cccc21. The Morgan fingerprint density at radius 1 is 1.11 bits per heavy atom. The van der Waals surface area contributed by atoms with Crippen LogP contribution in [0.3, 0.4) is 0 Å². The highest BCUT2D eigenvalue weighted by Gasteiger charge is 2.10. The van der Waals surface area contributed by atoms with Crippen LogP contribution >= 0.6 is 0 Å². The first-order chi connectivity index (χ1) is 8.66. The third-order valence-corrected chi connectivity index (χ3v) is 3.10. The maximum Gasteiger partial charge on any atom is 0.200 e. The van der Waals surface area contributed by atoms with Gasteiger partial charge in [0.05, 0.1) is 11.0 Å². The van der Waals surface area contributed by atoms with E-state index in [4.69, 9.17) is 5.73 Å². The molecule has 0 bridgehead atoms. The molecule has 4 heteroatoms. The van der Waals surface area contributed by atoms with E-state index in [-0.39, 0.29) is 5.82 Å². The largest absolute Gasteiger partial charge is 0.369 e. The molecule has 0 radical (unpaired) electrons. The van der Waals surface area contributed by atoms with Crippen LogP contribution in [0.5, 0.6) is 0 Å². The number of nitrogen functional groups attached to an aromatic ring is 1. The van der Waals surface area contributed by atoms with Crippen molar-refractivity contribution in [3.63, 3.8) is 0 Å². The average molecular weight is 241 g/mol. The van der Waals surface area contributed by atoms with Crippen molar-refractivity contribution < 1.29 is 4.39 Å². The monoisotopic (exact) mass is 241 g/mol. The number of anilines is 1. The second-order valence-electron chi connectivity index (χ2n) is 4.21. The summed E-state index contributed by atoms with van der Waals surface area (Å²) in [5.41, 5.74) is 9.51. The predicted molar refractivity (Wildman–Crippen MR) is 70.5 cm³/mol. The Hall–Kier alpha value is -2.36. The van der Waals surface area contributed by atoms with Gasteiger partial charge in [0, 0.05) is 12.6 Å². The number of para-hydroxylation sites is 1. The molecule has 0 aliphatic carbocycles. The zero-order chi connectivity index (χ0) is 12.7. The van der Waals surface area contributed by atoms with Gasteiger partial charge in [0.1, 0.15) is 5.82 Å². The summed E-state index contributed by atoms with van der Waals surface area (Å²) < 4.78 is 14.8. The third-order valence-electron chi connectivity index (χ3n) is 3.10. The van der Waals surface area contributed by atoms with E-state index in [1.165, 1.54) is 12.1 Å². The standard InChI is InChI=1S/C14H12FN3/c1-18-12-4-2-3-11(13(12)17-14(18)16)9-5-7-10(15)8-6-9/h2-8H,1H3,(H2,16,17). The van der Waals surface area contributed by atoms with Crippen molar-refractivity contribution in [2.24, 2.45) is 7.05 Å². The van der Waals surface area contributed by atoms with Crippen LogP contribution in [-0.4, -0.2) is 9.55 Å². The van der Waals surface area contributed by atoms with Gasteiger partial charge < -0.3 is 10.3 Å². The number of hydrogen-bond donors (Lipinski definition) is 1. The van der Waals surface area contributed by atoms with Crippen LogP contribution in [0.25, 0.3) is 22.2 Å². The molecule has 0 saturated heterocycles. The molecular weight excluding hydrogens is 229 g/mol. The van der Waals surface area contributed by atoms with E-state index in [2.05, 4.69) is 4.98 Å². The molecule has 2 N–H and O–H groups in total. The number of imidazole rings is 1. The number of halogens is 1. The van der Waals surface area contributed by atoms with Crippen molar-refractivity contribution in [3.05, 3.63) is 48.3 Å². The van der Waals surface area contributed by atoms with Gasteiger partial charge in [-0.2, -0.15) is 0 Å². The Kier molecular flexibility index (Phi) is 2.30. The van der Waals surface area contributed by atoms with Gasteiger partial charge in [0.2, 0.25) is 5.95 Å². The Morgan fingerprint density at radius 2 is 1.83 bits per heavy atom. The lowest BCUT2D eigenvalue weighted by atomic mass is 10.0. The van der Waals surface area contributed by atoms with Gasteiger partial charge in [-0.15, -0.1) is 0 Å². The molecule has 1 heterocycles. The highest BCUT2D eigenvalue weighted by atomic mass is 19.1. The number of rotatable bonds is 1. The molecule has 0 unspecified atom stereocenters. The van der Waals surface area contributed by atoms with E-state index >= 15 is 0 Å². The summed E-state index contributed by atoms with van der Waals surface area (Å²) in [6.45, 7) is 0.